The molecule has 0 unspecified atom stereocenters. The lowest BCUT2D eigenvalue weighted by molar-refractivity contribution is -0.155. The van der Waals surface area contributed by atoms with Gasteiger partial charge in [0, 0.05) is 35.6 Å². The third-order valence-electron chi connectivity index (χ3n) is 15.7. The number of carboxylic acids is 1. The molecular formula is C82H92N4O16. The van der Waals surface area contributed by atoms with Crippen LogP contribution in [0.25, 0.3) is 0 Å². The van der Waals surface area contributed by atoms with Crippen molar-refractivity contribution >= 4 is 58.9 Å². The predicted molar refractivity (Wildman–Crippen MR) is 391 cm³/mol. The number of methoxy groups -OCH3 is 2. The van der Waals surface area contributed by atoms with E-state index in [1.165, 1.54) is 60.5 Å². The second-order valence-electron chi connectivity index (χ2n) is 25.2. The summed E-state index contributed by atoms with van der Waals surface area (Å²) in [5.41, 5.74) is 4.67. The molecule has 8 aromatic rings. The molecule has 0 bridgehead atoms. The molecule has 0 fully saturated rings. The molecule has 0 spiro atoms. The molecule has 8 rings (SSSR count). The topological polar surface area (TPSA) is 252 Å². The van der Waals surface area contributed by atoms with Gasteiger partial charge in [-0.05, 0) is 201 Å². The predicted octanol–water partition coefficient (Wildman–Crippen LogP) is 15.6. The Labute approximate surface area is 597 Å². The molecule has 536 valence electrons. The van der Waals surface area contributed by atoms with E-state index in [0.717, 1.165) is 36.8 Å². The van der Waals surface area contributed by atoms with Crippen LogP contribution in [0, 0.1) is 0 Å². The Hall–Kier alpha value is -11.3. The van der Waals surface area contributed by atoms with E-state index in [1.807, 2.05) is 24.3 Å². The van der Waals surface area contributed by atoms with Crippen molar-refractivity contribution in [2.75, 3.05) is 51.2 Å². The van der Waals surface area contributed by atoms with Crippen LogP contribution in [0.5, 0.6) is 34.5 Å². The van der Waals surface area contributed by atoms with Crippen LogP contribution < -0.4 is 39.1 Å². The average Bonchev–Trinajstić information content (AvgIpc) is 0.848. The summed E-state index contributed by atoms with van der Waals surface area (Å²) in [5.74, 6) is -0.619. The highest BCUT2D eigenvalue weighted by molar-refractivity contribution is 5.99. The first-order valence-corrected chi connectivity index (χ1v) is 34.3. The maximum absolute atomic E-state index is 13.7. The first kappa shape index (κ1) is 78.1. The molecule has 0 aliphatic rings. The van der Waals surface area contributed by atoms with E-state index in [-0.39, 0.29) is 49.9 Å². The van der Waals surface area contributed by atoms with E-state index in [4.69, 9.17) is 33.2 Å². The highest BCUT2D eigenvalue weighted by Crippen LogP contribution is 2.24. The average molecular weight is 1390 g/mol. The zero-order valence-corrected chi connectivity index (χ0v) is 59.2. The minimum absolute atomic E-state index is 0.0137. The molecule has 0 heterocycles. The van der Waals surface area contributed by atoms with Gasteiger partial charge in [0.15, 0.2) is 0 Å². The minimum atomic E-state index is -1.16. The van der Waals surface area contributed by atoms with E-state index < -0.39 is 47.8 Å². The van der Waals surface area contributed by atoms with Gasteiger partial charge < -0.3 is 58.7 Å². The number of nitrogens with zero attached hydrogens (tertiary/aromatic N) is 2. The van der Waals surface area contributed by atoms with Gasteiger partial charge >= 0.3 is 23.9 Å². The number of unbranched alkanes of at least 4 members (excludes halogenated alkanes) is 8. The lowest BCUT2D eigenvalue weighted by atomic mass is 10.1. The molecule has 0 aromatic heterocycles. The van der Waals surface area contributed by atoms with Gasteiger partial charge in [-0.2, -0.15) is 0 Å². The number of hydrogen-bond acceptors (Lipinski definition) is 15. The summed E-state index contributed by atoms with van der Waals surface area (Å²) in [5, 5.41) is 15.1. The molecular weight excluding hydrogens is 1300 g/mol. The number of rotatable bonds is 36. The van der Waals surface area contributed by atoms with Crippen molar-refractivity contribution in [3.05, 3.63) is 239 Å². The summed E-state index contributed by atoms with van der Waals surface area (Å²) in [7, 11) is 3.16. The standard InChI is InChI=1S/C43H50N2O8.C39H42N2O8/c1-6-7-8-9-10-27-51-37-25-17-34(18-26-37)42(49)52-38-23-13-32(14-24-38)29-45(30-40(47)53-43(2,3)4)41(48)33-15-19-35(20-16-33)44-39(46)28-31-11-21-36(50-5)22-12-31;1-3-4-5-6-7-24-48-34-22-14-31(15-23-34)39(46)49-35-20-10-29(11-21-35)26-41(27-37(43)44)38(45)30-12-16-32(17-13-30)40-36(42)25-28-8-18-33(47-2)19-9-28/h11-26H,6-10,27-30H2,1-5H3,(H,44,46);8-23H,3-7,24-27H2,1-2H3,(H,40,42)(H,43,44). The summed E-state index contributed by atoms with van der Waals surface area (Å²) in [4.78, 5) is 105. The van der Waals surface area contributed by atoms with Gasteiger partial charge in [0.1, 0.15) is 53.2 Å². The number of hydrogen-bond donors (Lipinski definition) is 3. The van der Waals surface area contributed by atoms with Gasteiger partial charge in [0.05, 0.1) is 51.4 Å². The van der Waals surface area contributed by atoms with E-state index >= 15 is 0 Å². The third-order valence-corrected chi connectivity index (χ3v) is 15.7. The van der Waals surface area contributed by atoms with Crippen molar-refractivity contribution in [1.82, 2.24) is 9.80 Å². The van der Waals surface area contributed by atoms with Crippen LogP contribution in [0.2, 0.25) is 0 Å². The van der Waals surface area contributed by atoms with E-state index in [2.05, 4.69) is 24.5 Å². The maximum Gasteiger partial charge on any atom is 0.343 e. The van der Waals surface area contributed by atoms with Crippen LogP contribution in [0.1, 0.15) is 163 Å². The molecule has 8 aromatic carbocycles. The number of amides is 4. The lowest BCUT2D eigenvalue weighted by Gasteiger charge is -2.25. The Balaban J connectivity index is 0.000000287. The Morgan fingerprint density at radius 1 is 0.382 bits per heavy atom. The second kappa shape index (κ2) is 40.7. The van der Waals surface area contributed by atoms with Crippen molar-refractivity contribution in [3.63, 3.8) is 0 Å². The fourth-order valence-corrected chi connectivity index (χ4v) is 10.4. The smallest absolute Gasteiger partial charge is 0.343 e. The highest BCUT2D eigenvalue weighted by Gasteiger charge is 2.25. The molecule has 0 atom stereocenters. The molecule has 4 amide bonds. The number of carboxylic acid groups (broad SMARTS) is 1. The molecule has 0 radical (unpaired) electrons. The molecule has 0 aliphatic carbocycles. The van der Waals surface area contributed by atoms with Gasteiger partial charge in [0.25, 0.3) is 11.8 Å². The Kier molecular flexibility index (Phi) is 31.2. The van der Waals surface area contributed by atoms with Crippen molar-refractivity contribution in [1.29, 1.82) is 0 Å². The van der Waals surface area contributed by atoms with Crippen molar-refractivity contribution in [2.45, 2.75) is 130 Å². The molecule has 102 heavy (non-hydrogen) atoms. The third kappa shape index (κ3) is 27.4. The van der Waals surface area contributed by atoms with E-state index in [0.29, 0.717) is 86.9 Å². The first-order valence-electron chi connectivity index (χ1n) is 34.3. The van der Waals surface area contributed by atoms with Gasteiger partial charge in [-0.15, -0.1) is 0 Å². The zero-order valence-electron chi connectivity index (χ0n) is 59.2. The normalized spacial score (nSPS) is 10.8. The van der Waals surface area contributed by atoms with Gasteiger partial charge in [-0.1, -0.05) is 114 Å². The largest absolute Gasteiger partial charge is 0.497 e. The Morgan fingerprint density at radius 2 is 0.706 bits per heavy atom. The maximum atomic E-state index is 13.7. The summed E-state index contributed by atoms with van der Waals surface area (Å²) in [6.07, 6.45) is 11.9. The Bertz CT molecular complexity index is 3970. The van der Waals surface area contributed by atoms with Crippen molar-refractivity contribution in [3.8, 4) is 34.5 Å². The number of aliphatic carboxylic acids is 1. The van der Waals surface area contributed by atoms with Gasteiger partial charge in [0.2, 0.25) is 11.8 Å². The molecule has 0 aliphatic heterocycles. The van der Waals surface area contributed by atoms with Crippen LogP contribution in [-0.4, -0.2) is 109 Å². The number of benzene rings is 8. The SMILES string of the molecule is CCCCCCCOc1ccc(C(=O)Oc2ccc(CN(CC(=O)O)C(=O)c3ccc(NC(=O)Cc4ccc(OC)cc4)cc3)cc2)cc1.CCCCCCCOc1ccc(C(=O)Oc2ccc(CN(CC(=O)OC(C)(C)C)C(=O)c3ccc(NC(=O)Cc4ccc(OC)cc4)cc3)cc2)cc1. The van der Waals surface area contributed by atoms with Crippen LogP contribution in [0.15, 0.2) is 194 Å². The summed E-state index contributed by atoms with van der Waals surface area (Å²) < 4.78 is 38.5. The van der Waals surface area contributed by atoms with Crippen LogP contribution in [0.3, 0.4) is 0 Å². The fourth-order valence-electron chi connectivity index (χ4n) is 10.4. The van der Waals surface area contributed by atoms with Crippen LogP contribution >= 0.6 is 0 Å². The molecule has 20 heteroatoms. The van der Waals surface area contributed by atoms with E-state index in [1.54, 1.807) is 193 Å². The minimum Gasteiger partial charge on any atom is -0.497 e. The van der Waals surface area contributed by atoms with Gasteiger partial charge in [-0.25, -0.2) is 9.59 Å². The van der Waals surface area contributed by atoms with Crippen LogP contribution in [0.4, 0.5) is 11.4 Å². The zero-order chi connectivity index (χ0) is 73.2. The van der Waals surface area contributed by atoms with E-state index in [9.17, 15) is 43.5 Å². The summed E-state index contributed by atoms with van der Waals surface area (Å²) in [6, 6.07) is 54.1. The monoisotopic (exact) mass is 1390 g/mol. The molecule has 0 saturated heterocycles. The Morgan fingerprint density at radius 3 is 1.05 bits per heavy atom. The first-order chi connectivity index (χ1) is 49.1. The summed E-state index contributed by atoms with van der Waals surface area (Å²) in [6.45, 7) is 10.2. The number of carbonyl (C=O) groups excluding carboxylic acids is 7. The number of nitrogens with one attached hydrogen (secondary N) is 2. The molecule has 3 N–H and O–H groups in total. The number of anilines is 2. The quantitative estimate of drug-likeness (QED) is 0.0187. The van der Waals surface area contributed by atoms with Crippen molar-refractivity contribution in [2.24, 2.45) is 0 Å². The number of esters is 3. The number of ether oxygens (including phenoxy) is 7. The lowest BCUT2D eigenvalue weighted by Crippen LogP contribution is -2.38. The van der Waals surface area contributed by atoms with Crippen LogP contribution in [-0.2, 0) is 49.8 Å². The summed E-state index contributed by atoms with van der Waals surface area (Å²) >= 11 is 0. The highest BCUT2D eigenvalue weighted by atomic mass is 16.6. The fraction of sp³-hybridized carbons (Fsp3) is 0.317. The molecule has 20 nitrogen and oxygen atoms in total. The molecule has 0 saturated carbocycles. The second-order valence-corrected chi connectivity index (χ2v) is 25.2. The number of carbonyl (C=O) groups is 8. The van der Waals surface area contributed by atoms with Crippen molar-refractivity contribution < 1.29 is 76.6 Å². The van der Waals surface area contributed by atoms with Gasteiger partial charge in [-0.3, -0.25) is 28.8 Å².